The molecule has 0 N–H and O–H groups in total. The first-order valence-electron chi connectivity index (χ1n) is 3.01. The van der Waals surface area contributed by atoms with Crippen molar-refractivity contribution < 1.29 is 14.3 Å². The van der Waals surface area contributed by atoms with Gasteiger partial charge in [0.05, 0.1) is 0 Å². The van der Waals surface area contributed by atoms with Crippen LogP contribution >= 0.6 is 0 Å². The summed E-state index contributed by atoms with van der Waals surface area (Å²) in [6, 6.07) is 0. The van der Waals surface area contributed by atoms with Gasteiger partial charge in [0, 0.05) is 20.6 Å². The fourth-order valence-electron chi connectivity index (χ4n) is 0.499. The molecule has 0 rings (SSSR count). The monoisotopic (exact) mass is 144 g/mol. The van der Waals surface area contributed by atoms with E-state index < -0.39 is 0 Å². The Kier molecular flexibility index (Phi) is 6.02. The Morgan fingerprint density at radius 2 is 2.00 bits per heavy atom. The van der Waals surface area contributed by atoms with Gasteiger partial charge in [-0.3, -0.25) is 0 Å². The molecule has 0 aromatic carbocycles. The van der Waals surface area contributed by atoms with Gasteiger partial charge in [0.1, 0.15) is 6.29 Å². The number of methoxy groups -OCH3 is 2. The predicted octanol–water partition coefficient (Wildman–Crippen LogP) is 0.751. The summed E-state index contributed by atoms with van der Waals surface area (Å²) in [6.45, 7) is 0. The second kappa shape index (κ2) is 6.45. The zero-order valence-corrected chi connectivity index (χ0v) is 6.24. The van der Waals surface area contributed by atoms with Crippen molar-refractivity contribution in [2.75, 3.05) is 14.2 Å². The molecule has 3 nitrogen and oxygen atoms in total. The molecule has 0 aromatic rings. The minimum atomic E-state index is -0.333. The molecule has 0 aromatic heterocycles. The first-order valence-corrected chi connectivity index (χ1v) is 3.01. The predicted molar refractivity (Wildman–Crippen MR) is 37.6 cm³/mol. The van der Waals surface area contributed by atoms with E-state index in [-0.39, 0.29) is 6.29 Å². The Morgan fingerprint density at radius 3 is 2.40 bits per heavy atom. The number of hydrogen-bond donors (Lipinski definition) is 0. The smallest absolute Gasteiger partial charge is 0.176 e. The molecule has 58 valence electrons. The zero-order valence-electron chi connectivity index (χ0n) is 6.24. The molecule has 0 saturated carbocycles. The van der Waals surface area contributed by atoms with Crippen LogP contribution in [0.1, 0.15) is 6.42 Å². The van der Waals surface area contributed by atoms with E-state index >= 15 is 0 Å². The highest BCUT2D eigenvalue weighted by atomic mass is 16.7. The first kappa shape index (κ1) is 9.33. The van der Waals surface area contributed by atoms with Crippen molar-refractivity contribution in [3.8, 4) is 0 Å². The Morgan fingerprint density at radius 1 is 1.40 bits per heavy atom. The van der Waals surface area contributed by atoms with E-state index in [0.717, 1.165) is 6.29 Å². The number of rotatable bonds is 5. The van der Waals surface area contributed by atoms with Crippen LogP contribution in [0.15, 0.2) is 12.2 Å². The number of carbonyl (C=O) groups is 1. The van der Waals surface area contributed by atoms with Gasteiger partial charge in [-0.25, -0.2) is 0 Å². The van der Waals surface area contributed by atoms with Crippen molar-refractivity contribution in [3.63, 3.8) is 0 Å². The van der Waals surface area contributed by atoms with Crippen LogP contribution in [0.3, 0.4) is 0 Å². The largest absolute Gasteiger partial charge is 0.352 e. The summed E-state index contributed by atoms with van der Waals surface area (Å²) in [7, 11) is 3.08. The summed E-state index contributed by atoms with van der Waals surface area (Å²) >= 11 is 0. The number of ether oxygens (including phenoxy) is 2. The highest BCUT2D eigenvalue weighted by Crippen LogP contribution is 1.92. The Balaban J connectivity index is 3.49. The fraction of sp³-hybridized carbons (Fsp3) is 0.571. The molecule has 0 amide bonds. The van der Waals surface area contributed by atoms with E-state index in [9.17, 15) is 4.79 Å². The third-order valence-electron chi connectivity index (χ3n) is 0.990. The summed E-state index contributed by atoms with van der Waals surface area (Å²) < 4.78 is 9.64. The Labute approximate surface area is 60.6 Å². The van der Waals surface area contributed by atoms with Crippen LogP contribution < -0.4 is 0 Å². The van der Waals surface area contributed by atoms with Gasteiger partial charge in [0.15, 0.2) is 6.29 Å². The lowest BCUT2D eigenvalue weighted by atomic mass is 10.4. The first-order chi connectivity index (χ1) is 4.85. The quantitative estimate of drug-likeness (QED) is 0.324. The van der Waals surface area contributed by atoms with E-state index in [1.165, 1.54) is 0 Å². The summed E-state index contributed by atoms with van der Waals surface area (Å²) in [5, 5.41) is 0. The lowest BCUT2D eigenvalue weighted by Crippen LogP contribution is -2.08. The summed E-state index contributed by atoms with van der Waals surface area (Å²) in [5.41, 5.74) is 0. The van der Waals surface area contributed by atoms with Gasteiger partial charge < -0.3 is 14.3 Å². The van der Waals surface area contributed by atoms with Gasteiger partial charge in [-0.1, -0.05) is 6.08 Å². The lowest BCUT2D eigenvalue weighted by Gasteiger charge is -2.06. The topological polar surface area (TPSA) is 35.5 Å². The maximum Gasteiger partial charge on any atom is 0.176 e. The summed E-state index contributed by atoms with van der Waals surface area (Å²) in [4.78, 5) is 9.83. The average Bonchev–Trinajstić information content (AvgIpc) is 1.99. The molecule has 0 aliphatic rings. The van der Waals surface area contributed by atoms with Crippen LogP contribution in [-0.4, -0.2) is 26.8 Å². The maximum absolute atomic E-state index is 9.83. The molecule has 10 heavy (non-hydrogen) atoms. The van der Waals surface area contributed by atoms with Crippen molar-refractivity contribution in [1.29, 1.82) is 0 Å². The van der Waals surface area contributed by atoms with Crippen LogP contribution in [0.5, 0.6) is 0 Å². The molecule has 3 heteroatoms. The molecule has 0 spiro atoms. The van der Waals surface area contributed by atoms with Crippen molar-refractivity contribution in [2.45, 2.75) is 12.7 Å². The molecular formula is C7H12O3. The standard InChI is InChI=1S/C7H12O3/c1-9-7(10-2)5-3-4-6-8/h3,5-7H,4H2,1-2H3/b5-3+. The highest BCUT2D eigenvalue weighted by Gasteiger charge is 1.95. The highest BCUT2D eigenvalue weighted by molar-refractivity contribution is 5.51. The average molecular weight is 144 g/mol. The van der Waals surface area contributed by atoms with Crippen LogP contribution in [-0.2, 0) is 14.3 Å². The van der Waals surface area contributed by atoms with Gasteiger partial charge in [-0.05, 0) is 6.08 Å². The molecule has 0 atom stereocenters. The van der Waals surface area contributed by atoms with Gasteiger partial charge in [-0.2, -0.15) is 0 Å². The molecular weight excluding hydrogens is 132 g/mol. The number of carbonyl (C=O) groups excluding carboxylic acids is 1. The second-order valence-corrected chi connectivity index (χ2v) is 1.67. The van der Waals surface area contributed by atoms with Gasteiger partial charge in [0.25, 0.3) is 0 Å². The van der Waals surface area contributed by atoms with Crippen LogP contribution in [0.25, 0.3) is 0 Å². The molecule has 0 aliphatic carbocycles. The third-order valence-corrected chi connectivity index (χ3v) is 0.990. The van der Waals surface area contributed by atoms with E-state index in [4.69, 9.17) is 9.47 Å². The number of hydrogen-bond acceptors (Lipinski definition) is 3. The normalized spacial score (nSPS) is 11.1. The minimum absolute atomic E-state index is 0.333. The number of aldehydes is 1. The minimum Gasteiger partial charge on any atom is -0.352 e. The van der Waals surface area contributed by atoms with E-state index in [2.05, 4.69) is 0 Å². The van der Waals surface area contributed by atoms with E-state index in [1.54, 1.807) is 26.4 Å². The van der Waals surface area contributed by atoms with E-state index in [1.807, 2.05) is 0 Å². The van der Waals surface area contributed by atoms with Crippen LogP contribution in [0.2, 0.25) is 0 Å². The lowest BCUT2D eigenvalue weighted by molar-refractivity contribution is -0.107. The van der Waals surface area contributed by atoms with E-state index in [0.29, 0.717) is 6.42 Å². The molecule has 0 fully saturated rings. The van der Waals surface area contributed by atoms with Crippen molar-refractivity contribution in [1.82, 2.24) is 0 Å². The molecule has 0 radical (unpaired) electrons. The van der Waals surface area contributed by atoms with Crippen molar-refractivity contribution in [3.05, 3.63) is 12.2 Å². The van der Waals surface area contributed by atoms with Gasteiger partial charge in [-0.15, -0.1) is 0 Å². The van der Waals surface area contributed by atoms with Crippen LogP contribution in [0, 0.1) is 0 Å². The molecule has 0 heterocycles. The summed E-state index contributed by atoms with van der Waals surface area (Å²) in [5.74, 6) is 0. The van der Waals surface area contributed by atoms with Gasteiger partial charge in [0.2, 0.25) is 0 Å². The van der Waals surface area contributed by atoms with Gasteiger partial charge >= 0.3 is 0 Å². The van der Waals surface area contributed by atoms with Crippen molar-refractivity contribution in [2.24, 2.45) is 0 Å². The molecule has 0 saturated heterocycles. The fourth-order valence-corrected chi connectivity index (χ4v) is 0.499. The Bertz CT molecular complexity index is 105. The number of allylic oxidation sites excluding steroid dienone is 1. The SMILES string of the molecule is COC(/C=C/CC=O)OC. The Hall–Kier alpha value is -0.670. The molecule has 0 aliphatic heterocycles. The third kappa shape index (κ3) is 4.23. The second-order valence-electron chi connectivity index (χ2n) is 1.67. The molecule has 0 bridgehead atoms. The maximum atomic E-state index is 9.83. The van der Waals surface area contributed by atoms with Crippen molar-refractivity contribution >= 4 is 6.29 Å². The van der Waals surface area contributed by atoms with Crippen LogP contribution in [0.4, 0.5) is 0 Å². The summed E-state index contributed by atoms with van der Waals surface area (Å²) in [6.07, 6.45) is 4.28. The molecule has 0 unspecified atom stereocenters. The zero-order chi connectivity index (χ0) is 7.82.